The van der Waals surface area contributed by atoms with E-state index in [2.05, 4.69) is 0 Å². The Balaban J connectivity index is 2.03. The number of carbonyl (C=O) groups excluding carboxylic acids is 2. The van der Waals surface area contributed by atoms with E-state index in [0.717, 1.165) is 5.57 Å². The van der Waals surface area contributed by atoms with Crippen LogP contribution in [0.5, 0.6) is 0 Å². The quantitative estimate of drug-likeness (QED) is 0.191. The lowest BCUT2D eigenvalue weighted by Crippen LogP contribution is -2.53. The summed E-state index contributed by atoms with van der Waals surface area (Å²) in [5.74, 6) is -3.82. The number of ketones is 2. The Morgan fingerprint density at radius 2 is 1.76 bits per heavy atom. The maximum Gasteiger partial charge on any atom is 0.331 e. The average molecular weight is 473 g/mol. The van der Waals surface area contributed by atoms with Crippen LogP contribution in [0, 0.1) is 17.3 Å². The number of aliphatic hydroxyl groups is 3. The summed E-state index contributed by atoms with van der Waals surface area (Å²) in [6, 6.07) is 0. The van der Waals surface area contributed by atoms with Crippen LogP contribution in [0.25, 0.3) is 0 Å². The van der Waals surface area contributed by atoms with Crippen molar-refractivity contribution in [2.24, 2.45) is 17.3 Å². The average Bonchev–Trinajstić information content (AvgIpc) is 3.07. The van der Waals surface area contributed by atoms with Gasteiger partial charge in [-0.2, -0.15) is 0 Å². The van der Waals surface area contributed by atoms with Crippen molar-refractivity contribution < 1.29 is 34.8 Å². The molecule has 186 valence electrons. The van der Waals surface area contributed by atoms with Gasteiger partial charge in [-0.05, 0) is 72.1 Å². The molecule has 0 aromatic heterocycles. The summed E-state index contributed by atoms with van der Waals surface area (Å²) in [4.78, 5) is 37.6. The predicted octanol–water partition coefficient (Wildman–Crippen LogP) is 3.96. The van der Waals surface area contributed by atoms with Crippen LogP contribution < -0.4 is 0 Å². The number of rotatable bonds is 7. The molecule has 1 fully saturated rings. The molecule has 5 atom stereocenters. The van der Waals surface area contributed by atoms with Crippen LogP contribution >= 0.6 is 0 Å². The van der Waals surface area contributed by atoms with Crippen LogP contribution in [0.2, 0.25) is 0 Å². The fourth-order valence-electron chi connectivity index (χ4n) is 6.23. The summed E-state index contributed by atoms with van der Waals surface area (Å²) >= 11 is 0. The van der Waals surface area contributed by atoms with E-state index in [9.17, 15) is 34.8 Å². The van der Waals surface area contributed by atoms with Crippen LogP contribution in [0.1, 0.15) is 73.1 Å². The van der Waals surface area contributed by atoms with E-state index in [1.54, 1.807) is 13.0 Å². The number of aliphatic hydroxyl groups excluding tert-OH is 2. The molecule has 7 nitrogen and oxygen atoms in total. The normalized spacial score (nSPS) is 33.7. The third kappa shape index (κ3) is 4.31. The fraction of sp³-hybridized carbons (Fsp3) is 0.593. The van der Waals surface area contributed by atoms with E-state index in [4.69, 9.17) is 0 Å². The molecule has 1 saturated carbocycles. The Morgan fingerprint density at radius 1 is 1.12 bits per heavy atom. The third-order valence-corrected chi connectivity index (χ3v) is 8.09. The second kappa shape index (κ2) is 9.27. The highest BCUT2D eigenvalue weighted by Crippen LogP contribution is 2.61. The number of carbonyl (C=O) groups is 3. The number of fused-ring (bicyclic) bond motifs is 1. The molecule has 0 spiro atoms. The number of hydrogen-bond donors (Lipinski definition) is 4. The summed E-state index contributed by atoms with van der Waals surface area (Å²) in [6.07, 6.45) is 5.01. The predicted molar refractivity (Wildman–Crippen MR) is 127 cm³/mol. The van der Waals surface area contributed by atoms with Crippen LogP contribution in [0.3, 0.4) is 0 Å². The largest absolute Gasteiger partial charge is 0.507 e. The zero-order valence-corrected chi connectivity index (χ0v) is 20.6. The van der Waals surface area contributed by atoms with Crippen molar-refractivity contribution in [3.63, 3.8) is 0 Å². The lowest BCUT2D eigenvalue weighted by Gasteiger charge is -2.50. The molecule has 3 aliphatic rings. The molecule has 0 bridgehead atoms. The first kappa shape index (κ1) is 26.1. The van der Waals surface area contributed by atoms with Crippen molar-refractivity contribution >= 4 is 17.5 Å². The van der Waals surface area contributed by atoms with Gasteiger partial charge in [-0.15, -0.1) is 0 Å². The van der Waals surface area contributed by atoms with Crippen LogP contribution in [-0.4, -0.2) is 49.7 Å². The molecule has 0 heterocycles. The summed E-state index contributed by atoms with van der Waals surface area (Å²) in [7, 11) is 0. The molecule has 0 aliphatic heterocycles. The Morgan fingerprint density at radius 3 is 2.35 bits per heavy atom. The highest BCUT2D eigenvalue weighted by molar-refractivity contribution is 6.50. The zero-order valence-electron chi connectivity index (χ0n) is 20.6. The van der Waals surface area contributed by atoms with E-state index in [-0.39, 0.29) is 34.0 Å². The van der Waals surface area contributed by atoms with Crippen LogP contribution in [-0.2, 0) is 14.4 Å². The number of aliphatic carboxylic acids is 1. The van der Waals surface area contributed by atoms with Crippen molar-refractivity contribution in [3.8, 4) is 0 Å². The minimum atomic E-state index is -1.27. The van der Waals surface area contributed by atoms with Gasteiger partial charge in [-0.1, -0.05) is 24.6 Å². The van der Waals surface area contributed by atoms with Gasteiger partial charge in [0.05, 0.1) is 11.7 Å². The fourth-order valence-corrected chi connectivity index (χ4v) is 6.23. The standard InChI is InChI=1S/C27H36O7/c1-14(2)8-6-9-16(25(32)33)10-7-12-26(4)17-11-13-27(5,34)19(17)23(30)18-20(26)24(31)22(29)15(3)21(18)28/h8,10,17,19,23,28,30,34H,6-7,9,11-13H2,1-5H3,(H,32,33)/b16-10-/t17-,19-,23-,26?,27?/m1/s1. The number of hydrogen-bond acceptors (Lipinski definition) is 6. The first-order valence-corrected chi connectivity index (χ1v) is 11.9. The number of carboxylic acids is 1. The number of Topliss-reactive ketones (excluding diaryl/α,β-unsaturated/α-hetero) is 2. The lowest BCUT2D eigenvalue weighted by atomic mass is 9.54. The molecular weight excluding hydrogens is 436 g/mol. The van der Waals surface area contributed by atoms with E-state index < -0.39 is 40.6 Å². The highest BCUT2D eigenvalue weighted by atomic mass is 16.4. The Kier molecular flexibility index (Phi) is 7.11. The van der Waals surface area contributed by atoms with Gasteiger partial charge in [0.15, 0.2) is 0 Å². The number of allylic oxidation sites excluding steroid dienone is 5. The minimum Gasteiger partial charge on any atom is -0.507 e. The zero-order chi connectivity index (χ0) is 25.6. The second-order valence-corrected chi connectivity index (χ2v) is 10.7. The molecule has 3 aliphatic carbocycles. The van der Waals surface area contributed by atoms with Crippen LogP contribution in [0.15, 0.2) is 45.8 Å². The molecule has 0 amide bonds. The molecule has 0 radical (unpaired) electrons. The van der Waals surface area contributed by atoms with Crippen LogP contribution in [0.4, 0.5) is 0 Å². The molecule has 0 aromatic rings. The molecule has 34 heavy (non-hydrogen) atoms. The molecule has 3 rings (SSSR count). The Hall–Kier alpha value is -2.51. The van der Waals surface area contributed by atoms with Gasteiger partial charge in [-0.25, -0.2) is 4.79 Å². The maximum absolute atomic E-state index is 13.2. The molecule has 7 heteroatoms. The van der Waals surface area contributed by atoms with Gasteiger partial charge < -0.3 is 20.4 Å². The summed E-state index contributed by atoms with van der Waals surface area (Å²) in [5, 5.41) is 42.7. The monoisotopic (exact) mass is 472 g/mol. The van der Waals surface area contributed by atoms with E-state index in [1.807, 2.05) is 26.8 Å². The van der Waals surface area contributed by atoms with Gasteiger partial charge in [0.2, 0.25) is 11.6 Å². The van der Waals surface area contributed by atoms with Crippen molar-refractivity contribution in [1.82, 2.24) is 0 Å². The minimum absolute atomic E-state index is 0.0408. The van der Waals surface area contributed by atoms with E-state index >= 15 is 0 Å². The summed E-state index contributed by atoms with van der Waals surface area (Å²) < 4.78 is 0. The summed E-state index contributed by atoms with van der Waals surface area (Å²) in [5.41, 5.74) is -0.670. The molecule has 2 unspecified atom stereocenters. The van der Waals surface area contributed by atoms with E-state index in [1.165, 1.54) is 6.92 Å². The molecule has 4 N–H and O–H groups in total. The highest BCUT2D eigenvalue weighted by Gasteiger charge is 2.62. The first-order chi connectivity index (χ1) is 15.7. The van der Waals surface area contributed by atoms with E-state index in [0.29, 0.717) is 38.5 Å². The van der Waals surface area contributed by atoms with Gasteiger partial charge in [0.1, 0.15) is 5.76 Å². The third-order valence-electron chi connectivity index (χ3n) is 8.09. The van der Waals surface area contributed by atoms with Gasteiger partial charge in [-0.3, -0.25) is 9.59 Å². The molecular formula is C27H36O7. The van der Waals surface area contributed by atoms with Gasteiger partial charge >= 0.3 is 5.97 Å². The van der Waals surface area contributed by atoms with Crippen molar-refractivity contribution in [2.75, 3.05) is 0 Å². The topological polar surface area (TPSA) is 132 Å². The molecule has 0 aromatic carbocycles. The Labute approximate surface area is 200 Å². The van der Waals surface area contributed by atoms with Gasteiger partial charge in [0, 0.05) is 33.6 Å². The lowest BCUT2D eigenvalue weighted by molar-refractivity contribution is -0.135. The second-order valence-electron chi connectivity index (χ2n) is 10.7. The number of carboxylic acid groups (broad SMARTS) is 1. The van der Waals surface area contributed by atoms with Gasteiger partial charge in [0.25, 0.3) is 0 Å². The Bertz CT molecular complexity index is 1040. The van der Waals surface area contributed by atoms with Crippen molar-refractivity contribution in [3.05, 3.63) is 45.8 Å². The molecule has 0 saturated heterocycles. The van der Waals surface area contributed by atoms with Crippen molar-refractivity contribution in [1.29, 1.82) is 0 Å². The SMILES string of the molecule is CC(C)=CCC/C(=C/CCC1(C)C2=C(C(O)=C(C)C(=O)C2=O)[C@@H](O)[C@H]2[C@H]1CCC2(C)O)C(=O)O. The summed E-state index contributed by atoms with van der Waals surface area (Å²) in [6.45, 7) is 8.76. The van der Waals surface area contributed by atoms with Crippen molar-refractivity contribution in [2.45, 2.75) is 84.8 Å². The smallest absolute Gasteiger partial charge is 0.331 e. The maximum atomic E-state index is 13.2. The first-order valence-electron chi connectivity index (χ1n) is 11.9.